The van der Waals surface area contributed by atoms with E-state index in [0.717, 1.165) is 57.4 Å². The fourth-order valence-electron chi connectivity index (χ4n) is 5.75. The van der Waals surface area contributed by atoms with E-state index >= 15 is 0 Å². The van der Waals surface area contributed by atoms with Gasteiger partial charge in [0.2, 0.25) is 0 Å². The number of rotatable bonds is 6. The first kappa shape index (κ1) is 22.6. The van der Waals surface area contributed by atoms with E-state index in [1.807, 2.05) is 12.3 Å². The summed E-state index contributed by atoms with van der Waals surface area (Å²) in [4.78, 5) is 24.5. The fraction of sp³-hybridized carbons (Fsp3) is 0.500. The number of piperazine rings is 1. The minimum absolute atomic E-state index is 0.208. The molecule has 4 saturated heterocycles. The molecule has 1 aromatic heterocycles. The molecular weight excluding hydrogens is 426 g/mol. The Bertz CT molecular complexity index is 1020. The van der Waals surface area contributed by atoms with Crippen LogP contribution in [0.15, 0.2) is 48.7 Å². The van der Waals surface area contributed by atoms with Crippen molar-refractivity contribution in [2.45, 2.75) is 18.9 Å². The van der Waals surface area contributed by atoms with Crippen molar-refractivity contribution >= 4 is 17.5 Å². The molecule has 4 aliphatic rings. The number of nitrogens with zero attached hydrogens (tertiary/aromatic N) is 5. The molecule has 0 radical (unpaired) electrons. The van der Waals surface area contributed by atoms with Crippen molar-refractivity contribution in [1.29, 1.82) is 5.26 Å². The number of nitrogens with one attached hydrogen (secondary N) is 2. The molecule has 178 valence electrons. The fourth-order valence-corrected chi connectivity index (χ4v) is 5.75. The van der Waals surface area contributed by atoms with Crippen LogP contribution < -0.4 is 15.5 Å². The Morgan fingerprint density at radius 3 is 2.74 bits per heavy atom. The molecule has 0 saturated carbocycles. The van der Waals surface area contributed by atoms with Crippen LogP contribution in [0.1, 0.15) is 18.4 Å². The molecule has 2 bridgehead atoms. The Hall–Kier alpha value is -3.15. The van der Waals surface area contributed by atoms with Gasteiger partial charge in [-0.2, -0.15) is 5.26 Å². The van der Waals surface area contributed by atoms with Crippen LogP contribution in [0.25, 0.3) is 0 Å². The third-order valence-corrected chi connectivity index (χ3v) is 7.60. The van der Waals surface area contributed by atoms with Gasteiger partial charge in [-0.15, -0.1) is 0 Å². The maximum absolute atomic E-state index is 12.4. The topological polar surface area (TPSA) is 87.5 Å². The Labute approximate surface area is 201 Å². The van der Waals surface area contributed by atoms with Gasteiger partial charge in [-0.05, 0) is 61.6 Å². The molecule has 2 aromatic rings. The zero-order valence-electron chi connectivity index (χ0n) is 19.6. The zero-order chi connectivity index (χ0) is 23.3. The lowest BCUT2D eigenvalue weighted by atomic mass is 9.75. The molecule has 4 fully saturated rings. The highest BCUT2D eigenvalue weighted by atomic mass is 16.2. The number of nitriles is 1. The van der Waals surface area contributed by atoms with Crippen LogP contribution in [0.3, 0.4) is 0 Å². The molecule has 6 rings (SSSR count). The van der Waals surface area contributed by atoms with Crippen molar-refractivity contribution in [1.82, 2.24) is 20.1 Å². The largest absolute Gasteiger partial charge is 0.354 e. The number of benzene rings is 1. The lowest BCUT2D eigenvalue weighted by Gasteiger charge is -2.51. The van der Waals surface area contributed by atoms with E-state index in [-0.39, 0.29) is 6.03 Å². The second-order valence-electron chi connectivity index (χ2n) is 9.70. The van der Waals surface area contributed by atoms with Gasteiger partial charge in [0.05, 0.1) is 11.6 Å². The van der Waals surface area contributed by atoms with Crippen LogP contribution >= 0.6 is 0 Å². The number of fused-ring (bicyclic) bond motifs is 3. The van der Waals surface area contributed by atoms with Crippen molar-refractivity contribution in [3.63, 3.8) is 0 Å². The molecular formula is C26H33N7O. The minimum atomic E-state index is -0.208. The summed E-state index contributed by atoms with van der Waals surface area (Å²) < 4.78 is 0. The van der Waals surface area contributed by atoms with Crippen molar-refractivity contribution in [3.05, 3.63) is 54.2 Å². The van der Waals surface area contributed by atoms with Gasteiger partial charge < -0.3 is 15.5 Å². The van der Waals surface area contributed by atoms with Crippen molar-refractivity contribution in [3.8, 4) is 6.07 Å². The van der Waals surface area contributed by atoms with Gasteiger partial charge in [-0.1, -0.05) is 12.1 Å². The molecule has 4 unspecified atom stereocenters. The van der Waals surface area contributed by atoms with Crippen molar-refractivity contribution in [2.75, 3.05) is 62.6 Å². The average molecular weight is 460 g/mol. The predicted molar refractivity (Wildman–Crippen MR) is 133 cm³/mol. The monoisotopic (exact) mass is 459 g/mol. The summed E-state index contributed by atoms with van der Waals surface area (Å²) in [5, 5.41) is 14.9. The normalized spacial score (nSPS) is 26.6. The molecule has 8 nitrogen and oxygen atoms in total. The lowest BCUT2D eigenvalue weighted by Crippen LogP contribution is -2.59. The highest BCUT2D eigenvalue weighted by Crippen LogP contribution is 2.36. The number of piperidine rings is 3. The summed E-state index contributed by atoms with van der Waals surface area (Å²) in [5.41, 5.74) is 1.18. The van der Waals surface area contributed by atoms with Crippen LogP contribution in [-0.2, 0) is 0 Å². The van der Waals surface area contributed by atoms with E-state index in [1.165, 1.54) is 13.0 Å². The summed E-state index contributed by atoms with van der Waals surface area (Å²) in [6.07, 6.45) is 4.29. The van der Waals surface area contributed by atoms with E-state index in [9.17, 15) is 4.79 Å². The van der Waals surface area contributed by atoms with E-state index in [0.29, 0.717) is 29.8 Å². The van der Waals surface area contributed by atoms with Gasteiger partial charge in [-0.3, -0.25) is 9.80 Å². The number of carbonyl (C=O) groups excluding carboxylic acids is 1. The quantitative estimate of drug-likeness (QED) is 0.691. The van der Waals surface area contributed by atoms with Gasteiger partial charge in [0.15, 0.2) is 0 Å². The number of hydrogen-bond acceptors (Lipinski definition) is 6. The molecule has 0 spiro atoms. The van der Waals surface area contributed by atoms with Crippen LogP contribution in [0.2, 0.25) is 0 Å². The van der Waals surface area contributed by atoms with Gasteiger partial charge in [0.25, 0.3) is 0 Å². The Kier molecular flexibility index (Phi) is 6.93. The standard InChI is InChI=1S/C26H33N7O/c27-16-20-4-3-5-23(14-20)30-26(34)29-17-24-15-21-7-9-33(24)19-22(21)18-31-10-12-32(13-11-31)25-6-1-2-8-28-25/h1-6,8,14,21-22,24H,7,9-13,15,17-19H2,(H2,29,30,34). The van der Waals surface area contributed by atoms with Gasteiger partial charge in [0, 0.05) is 63.7 Å². The zero-order valence-corrected chi connectivity index (χ0v) is 19.6. The second-order valence-corrected chi connectivity index (χ2v) is 9.70. The van der Waals surface area contributed by atoms with E-state index in [1.54, 1.807) is 24.3 Å². The molecule has 4 aliphatic heterocycles. The third-order valence-electron chi connectivity index (χ3n) is 7.60. The number of carbonyl (C=O) groups is 1. The van der Waals surface area contributed by atoms with Crippen LogP contribution in [-0.4, -0.2) is 79.2 Å². The molecule has 1 aromatic carbocycles. The second kappa shape index (κ2) is 10.4. The number of anilines is 2. The molecule has 5 heterocycles. The molecule has 2 N–H and O–H groups in total. The number of pyridine rings is 1. The summed E-state index contributed by atoms with van der Waals surface area (Å²) in [7, 11) is 0. The highest BCUT2D eigenvalue weighted by molar-refractivity contribution is 5.89. The summed E-state index contributed by atoms with van der Waals surface area (Å²) in [6.45, 7) is 8.36. The molecule has 8 heteroatoms. The number of urea groups is 1. The van der Waals surface area contributed by atoms with Gasteiger partial charge >= 0.3 is 6.03 Å². The summed E-state index contributed by atoms with van der Waals surface area (Å²) >= 11 is 0. The first-order chi connectivity index (χ1) is 16.7. The number of aromatic nitrogens is 1. The summed E-state index contributed by atoms with van der Waals surface area (Å²) in [6, 6.07) is 15.4. The SMILES string of the molecule is N#Cc1cccc(NC(=O)NCC2CC3CCN2CC3CN2CCN(c3ccccn3)CC2)c1. The molecule has 0 aliphatic carbocycles. The maximum Gasteiger partial charge on any atom is 0.319 e. The maximum atomic E-state index is 12.4. The van der Waals surface area contributed by atoms with Crippen molar-refractivity contribution < 1.29 is 4.79 Å². The number of amides is 2. The molecule has 34 heavy (non-hydrogen) atoms. The summed E-state index contributed by atoms with van der Waals surface area (Å²) in [5.74, 6) is 2.54. The van der Waals surface area contributed by atoms with E-state index in [4.69, 9.17) is 5.26 Å². The Balaban J connectivity index is 1.06. The van der Waals surface area contributed by atoms with Crippen LogP contribution in [0, 0.1) is 23.2 Å². The van der Waals surface area contributed by atoms with Crippen LogP contribution in [0.4, 0.5) is 16.3 Å². The van der Waals surface area contributed by atoms with E-state index in [2.05, 4.69) is 48.5 Å². The van der Waals surface area contributed by atoms with E-state index < -0.39 is 0 Å². The first-order valence-electron chi connectivity index (χ1n) is 12.4. The lowest BCUT2D eigenvalue weighted by molar-refractivity contribution is -0.0114. The van der Waals surface area contributed by atoms with Crippen molar-refractivity contribution in [2.24, 2.45) is 11.8 Å². The Morgan fingerprint density at radius 2 is 2.00 bits per heavy atom. The smallest absolute Gasteiger partial charge is 0.319 e. The molecule has 4 atom stereocenters. The first-order valence-corrected chi connectivity index (χ1v) is 12.4. The average Bonchev–Trinajstić information content (AvgIpc) is 2.89. The van der Waals surface area contributed by atoms with Gasteiger partial charge in [-0.25, -0.2) is 9.78 Å². The minimum Gasteiger partial charge on any atom is -0.354 e. The number of hydrogen-bond donors (Lipinski definition) is 2. The van der Waals surface area contributed by atoms with Crippen LogP contribution in [0.5, 0.6) is 0 Å². The predicted octanol–water partition coefficient (Wildman–Crippen LogP) is 2.61. The Morgan fingerprint density at radius 1 is 1.12 bits per heavy atom. The highest BCUT2D eigenvalue weighted by Gasteiger charge is 2.40. The molecule has 2 amide bonds. The van der Waals surface area contributed by atoms with Gasteiger partial charge in [0.1, 0.15) is 5.82 Å². The third kappa shape index (κ3) is 5.32.